The van der Waals surface area contributed by atoms with Gasteiger partial charge in [0.2, 0.25) is 0 Å². The number of rotatable bonds is 8. The third kappa shape index (κ3) is 6.96. The van der Waals surface area contributed by atoms with Crippen LogP contribution in [0.4, 0.5) is 0 Å². The van der Waals surface area contributed by atoms with E-state index in [1.807, 2.05) is 0 Å². The number of benzene rings is 9. The highest BCUT2D eigenvalue weighted by atomic mass is 15.0. The Bertz CT molecular complexity index is 3870. The summed E-state index contributed by atoms with van der Waals surface area (Å²) in [5, 5.41) is 4.95. The van der Waals surface area contributed by atoms with E-state index < -0.39 is 0 Å². The number of allylic oxidation sites excluding steroid dienone is 4. The fourth-order valence-electron chi connectivity index (χ4n) is 10.4. The van der Waals surface area contributed by atoms with Crippen LogP contribution in [0.15, 0.2) is 249 Å². The van der Waals surface area contributed by atoms with Crippen LogP contribution in [0.1, 0.15) is 18.4 Å². The summed E-state index contributed by atoms with van der Waals surface area (Å²) in [5.74, 6) is 0. The molecule has 0 saturated heterocycles. The molecule has 0 spiro atoms. The second-order valence-electron chi connectivity index (χ2n) is 17.9. The first-order chi connectivity index (χ1) is 33.7. The molecule has 3 nitrogen and oxygen atoms in total. The standard InChI is InChI=1S/C65H45N3/c1-5-17-44(18-6-1)51-37-52(45-19-7-2-8-20-45)39-55(38-51)68-63-28-16-14-26-57(63)59-36-32-50(43-65(59)68)49-31-35-58-56-25-13-15-27-62(56)67(64(58)42-49)54-33-29-48(30-34-54)61-41-53(46-21-9-3-10-22-46)40-60(66-61)47-23-11-4-12-24-47/h1-7,9-19,21-43H,8,20H2. The minimum absolute atomic E-state index is 0.945. The van der Waals surface area contributed by atoms with Gasteiger partial charge in [-0.2, -0.15) is 0 Å². The summed E-state index contributed by atoms with van der Waals surface area (Å²) in [6, 6.07) is 83.9. The van der Waals surface area contributed by atoms with Crippen molar-refractivity contribution in [1.29, 1.82) is 0 Å². The molecule has 9 aromatic carbocycles. The van der Waals surface area contributed by atoms with E-state index >= 15 is 0 Å². The van der Waals surface area contributed by atoms with Gasteiger partial charge in [0.15, 0.2) is 0 Å². The van der Waals surface area contributed by atoms with E-state index in [4.69, 9.17) is 4.98 Å². The van der Waals surface area contributed by atoms with Crippen LogP contribution in [-0.4, -0.2) is 14.1 Å². The van der Waals surface area contributed by atoms with Gasteiger partial charge in [0.25, 0.3) is 0 Å². The first-order valence-corrected chi connectivity index (χ1v) is 23.6. The van der Waals surface area contributed by atoms with Crippen molar-refractivity contribution in [3.8, 4) is 67.3 Å². The molecule has 0 amide bonds. The predicted molar refractivity (Wildman–Crippen MR) is 286 cm³/mol. The fourth-order valence-corrected chi connectivity index (χ4v) is 10.4. The molecule has 3 heteroatoms. The molecule has 0 fully saturated rings. The van der Waals surface area contributed by atoms with Gasteiger partial charge in [-0.1, -0.05) is 182 Å². The zero-order valence-electron chi connectivity index (χ0n) is 37.4. The van der Waals surface area contributed by atoms with Crippen molar-refractivity contribution in [3.05, 3.63) is 254 Å². The van der Waals surface area contributed by atoms with E-state index in [9.17, 15) is 0 Å². The van der Waals surface area contributed by atoms with E-state index in [0.717, 1.165) is 52.3 Å². The molecule has 13 rings (SSSR count). The minimum Gasteiger partial charge on any atom is -0.309 e. The van der Waals surface area contributed by atoms with Crippen molar-refractivity contribution in [2.24, 2.45) is 0 Å². The Morgan fingerprint density at radius 1 is 0.309 bits per heavy atom. The molecule has 68 heavy (non-hydrogen) atoms. The molecule has 0 bridgehead atoms. The topological polar surface area (TPSA) is 22.8 Å². The zero-order valence-corrected chi connectivity index (χ0v) is 37.4. The van der Waals surface area contributed by atoms with Gasteiger partial charge >= 0.3 is 0 Å². The van der Waals surface area contributed by atoms with E-state index in [0.29, 0.717) is 0 Å². The van der Waals surface area contributed by atoms with Gasteiger partial charge < -0.3 is 9.13 Å². The first kappa shape index (κ1) is 39.6. The number of fused-ring (bicyclic) bond motifs is 6. The predicted octanol–water partition coefficient (Wildman–Crippen LogP) is 17.3. The van der Waals surface area contributed by atoms with Crippen molar-refractivity contribution in [2.45, 2.75) is 12.8 Å². The number of pyridine rings is 1. The second kappa shape index (κ2) is 16.6. The average Bonchev–Trinajstić information content (AvgIpc) is 3.94. The van der Waals surface area contributed by atoms with Crippen molar-refractivity contribution in [1.82, 2.24) is 14.1 Å². The van der Waals surface area contributed by atoms with Crippen molar-refractivity contribution in [2.75, 3.05) is 0 Å². The van der Waals surface area contributed by atoms with Crippen LogP contribution in [-0.2, 0) is 0 Å². The van der Waals surface area contributed by atoms with Crippen LogP contribution < -0.4 is 0 Å². The van der Waals surface area contributed by atoms with E-state index in [-0.39, 0.29) is 0 Å². The third-order valence-electron chi connectivity index (χ3n) is 13.8. The van der Waals surface area contributed by atoms with Crippen molar-refractivity contribution in [3.63, 3.8) is 0 Å². The van der Waals surface area contributed by atoms with Crippen molar-refractivity contribution < 1.29 is 0 Å². The molecule has 1 aliphatic carbocycles. The Balaban J connectivity index is 0.944. The van der Waals surface area contributed by atoms with Gasteiger partial charge in [-0.3, -0.25) is 0 Å². The maximum Gasteiger partial charge on any atom is 0.0715 e. The molecule has 12 aromatic rings. The Hall–Kier alpha value is -8.79. The van der Waals surface area contributed by atoms with Crippen LogP contribution >= 0.6 is 0 Å². The van der Waals surface area contributed by atoms with Crippen LogP contribution in [0.3, 0.4) is 0 Å². The highest BCUT2D eigenvalue weighted by Crippen LogP contribution is 2.40. The third-order valence-corrected chi connectivity index (χ3v) is 13.8. The number of para-hydroxylation sites is 2. The highest BCUT2D eigenvalue weighted by molar-refractivity contribution is 6.12. The number of hydrogen-bond acceptors (Lipinski definition) is 1. The van der Waals surface area contributed by atoms with E-state index in [1.54, 1.807) is 0 Å². The lowest BCUT2D eigenvalue weighted by Crippen LogP contribution is -1.98. The molecule has 1 aliphatic rings. The molecule has 3 heterocycles. The summed E-state index contributed by atoms with van der Waals surface area (Å²) in [4.78, 5) is 5.23. The van der Waals surface area contributed by atoms with Gasteiger partial charge in [-0.15, -0.1) is 0 Å². The van der Waals surface area contributed by atoms with Crippen LogP contribution in [0, 0.1) is 0 Å². The maximum atomic E-state index is 5.23. The number of nitrogens with zero attached hydrogens (tertiary/aromatic N) is 3. The summed E-state index contributed by atoms with van der Waals surface area (Å²) in [7, 11) is 0. The fraction of sp³-hybridized carbons (Fsp3) is 0.0308. The molecule has 0 unspecified atom stereocenters. The largest absolute Gasteiger partial charge is 0.309 e. The van der Waals surface area contributed by atoms with Crippen LogP contribution in [0.2, 0.25) is 0 Å². The maximum absolute atomic E-state index is 5.23. The lowest BCUT2D eigenvalue weighted by Gasteiger charge is -2.16. The van der Waals surface area contributed by atoms with E-state index in [1.165, 1.54) is 82.6 Å². The molecule has 0 radical (unpaired) electrons. The summed E-state index contributed by atoms with van der Waals surface area (Å²) in [6.45, 7) is 0. The Labute approximate surface area is 395 Å². The monoisotopic (exact) mass is 867 g/mol. The van der Waals surface area contributed by atoms with Gasteiger partial charge in [-0.25, -0.2) is 4.98 Å². The number of hydrogen-bond donors (Lipinski definition) is 0. The van der Waals surface area contributed by atoms with E-state index in [2.05, 4.69) is 258 Å². The van der Waals surface area contributed by atoms with Gasteiger partial charge in [0.1, 0.15) is 0 Å². The smallest absolute Gasteiger partial charge is 0.0715 e. The first-order valence-electron chi connectivity index (χ1n) is 23.6. The molecule has 0 N–H and O–H groups in total. The molecule has 0 saturated carbocycles. The summed E-state index contributed by atoms with van der Waals surface area (Å²) < 4.78 is 4.90. The van der Waals surface area contributed by atoms with Crippen LogP contribution in [0.25, 0.3) is 116 Å². The SMILES string of the molecule is C1=CCCC(c2cc(-c3ccccc3)cc(-n3c4ccccc4c4ccc(-c5ccc6c7ccccc7n(-c7ccc(-c8cc(-c9ccccc9)cc(-c9ccccc9)n8)cc7)c6c5)cc43)c2)=C1. The summed E-state index contributed by atoms with van der Waals surface area (Å²) in [5.41, 5.74) is 20.8. The molecule has 320 valence electrons. The Morgan fingerprint density at radius 3 is 1.32 bits per heavy atom. The summed E-state index contributed by atoms with van der Waals surface area (Å²) in [6.07, 6.45) is 8.84. The molecule has 3 aromatic heterocycles. The number of aromatic nitrogens is 3. The zero-order chi connectivity index (χ0) is 45.0. The minimum atomic E-state index is 0.945. The second-order valence-corrected chi connectivity index (χ2v) is 17.9. The lowest BCUT2D eigenvalue weighted by molar-refractivity contribution is 1.05. The van der Waals surface area contributed by atoms with Crippen molar-refractivity contribution >= 4 is 49.2 Å². The Morgan fingerprint density at radius 2 is 0.765 bits per heavy atom. The molecule has 0 aliphatic heterocycles. The van der Waals surface area contributed by atoms with Crippen LogP contribution in [0.5, 0.6) is 0 Å². The lowest BCUT2D eigenvalue weighted by atomic mass is 9.93. The highest BCUT2D eigenvalue weighted by Gasteiger charge is 2.19. The van der Waals surface area contributed by atoms with Gasteiger partial charge in [-0.05, 0) is 124 Å². The normalized spacial score (nSPS) is 12.6. The average molecular weight is 868 g/mol. The quantitative estimate of drug-likeness (QED) is 0.149. The summed E-state index contributed by atoms with van der Waals surface area (Å²) >= 11 is 0. The molecular weight excluding hydrogens is 823 g/mol. The van der Waals surface area contributed by atoms with Gasteiger partial charge in [0, 0.05) is 44.0 Å². The molecule has 0 atom stereocenters. The molecular formula is C65H45N3. The Kier molecular flexibility index (Phi) is 9.64. The van der Waals surface area contributed by atoms with Gasteiger partial charge in [0.05, 0.1) is 33.5 Å².